The van der Waals surface area contributed by atoms with Gasteiger partial charge in [0.25, 0.3) is 5.91 Å². The van der Waals surface area contributed by atoms with Gasteiger partial charge in [-0.1, -0.05) is 88.8 Å². The number of rotatable bonds is 7. The number of hydrogen-bond acceptors (Lipinski definition) is 7. The molecule has 1 aromatic carbocycles. The lowest BCUT2D eigenvalue weighted by Crippen LogP contribution is -2.43. The molecule has 5 atom stereocenters. The molecule has 4 fully saturated rings. The van der Waals surface area contributed by atoms with Gasteiger partial charge in [0.05, 0.1) is 12.6 Å². The highest BCUT2D eigenvalue weighted by molar-refractivity contribution is 5.81. The molecule has 3 N–H and O–H groups in total. The number of fused-ring (bicyclic) bond motifs is 1. The molecule has 1 amide bonds. The number of carbonyl (C=O) groups is 1. The number of nitrogens with one attached hydrogen (secondary N) is 3. The predicted molar refractivity (Wildman–Crippen MR) is 168 cm³/mol. The van der Waals surface area contributed by atoms with Crippen LogP contribution in [0.4, 0.5) is 0 Å². The zero-order chi connectivity index (χ0) is 29.6. The van der Waals surface area contributed by atoms with E-state index in [9.17, 15) is 4.79 Å². The average Bonchev–Trinajstić information content (AvgIpc) is 3.72. The number of benzene rings is 1. The van der Waals surface area contributed by atoms with Crippen molar-refractivity contribution in [2.24, 2.45) is 5.92 Å². The molecule has 1 aromatic rings. The van der Waals surface area contributed by atoms with Crippen LogP contribution in [0.25, 0.3) is 0 Å². The van der Waals surface area contributed by atoms with Crippen LogP contribution in [0.5, 0.6) is 0 Å². The van der Waals surface area contributed by atoms with E-state index in [2.05, 4.69) is 46.3 Å². The van der Waals surface area contributed by atoms with Crippen molar-refractivity contribution in [1.29, 1.82) is 0 Å². The summed E-state index contributed by atoms with van der Waals surface area (Å²) in [6.45, 7) is 2.80. The fraction of sp³-hybridized carbons (Fsp3) is 0.800. The molecule has 8 nitrogen and oxygen atoms in total. The van der Waals surface area contributed by atoms with E-state index < -0.39 is 6.10 Å². The number of carbonyl (C=O) groups excluding carboxylic acids is 1. The van der Waals surface area contributed by atoms with Crippen molar-refractivity contribution < 1.29 is 19.2 Å². The minimum absolute atomic E-state index is 0.0109. The van der Waals surface area contributed by atoms with Crippen LogP contribution in [-0.2, 0) is 25.6 Å². The highest BCUT2D eigenvalue weighted by atomic mass is 16.7. The van der Waals surface area contributed by atoms with Crippen LogP contribution < -0.4 is 16.1 Å². The van der Waals surface area contributed by atoms with Crippen LogP contribution in [0.2, 0.25) is 0 Å². The third-order valence-electron chi connectivity index (χ3n) is 11.1. The fourth-order valence-electron chi connectivity index (χ4n) is 8.51. The van der Waals surface area contributed by atoms with E-state index in [1.54, 1.807) is 7.11 Å². The SMILES string of the molecule is COCC1NC(c2ccc3c(c2)CC[C@H]3NC(=O)C2CC(C)(C3CCCCCCCC3)NO2)N(C2CCCCCCC2)O1. The Kier molecular flexibility index (Phi) is 10.7. The van der Waals surface area contributed by atoms with Gasteiger partial charge in [-0.15, -0.1) is 0 Å². The molecule has 8 heteroatoms. The molecule has 2 saturated carbocycles. The summed E-state index contributed by atoms with van der Waals surface area (Å²) in [4.78, 5) is 25.9. The van der Waals surface area contributed by atoms with E-state index in [4.69, 9.17) is 14.4 Å². The molecule has 2 heterocycles. The van der Waals surface area contributed by atoms with Crippen LogP contribution in [0.3, 0.4) is 0 Å². The zero-order valence-electron chi connectivity index (χ0n) is 26.7. The van der Waals surface area contributed by atoms with Crippen molar-refractivity contribution in [2.45, 2.75) is 159 Å². The lowest BCUT2D eigenvalue weighted by Gasteiger charge is -2.33. The van der Waals surface area contributed by atoms with Crippen LogP contribution in [-0.4, -0.2) is 48.6 Å². The molecule has 4 unspecified atom stereocenters. The summed E-state index contributed by atoms with van der Waals surface area (Å²) >= 11 is 0. The summed E-state index contributed by atoms with van der Waals surface area (Å²) in [6.07, 6.45) is 21.3. The summed E-state index contributed by atoms with van der Waals surface area (Å²) in [5, 5.41) is 9.30. The largest absolute Gasteiger partial charge is 0.380 e. The second-order valence-corrected chi connectivity index (χ2v) is 14.3. The summed E-state index contributed by atoms with van der Waals surface area (Å²) in [7, 11) is 1.73. The lowest BCUT2D eigenvalue weighted by molar-refractivity contribution is -0.202. The Hall–Kier alpha value is -1.55. The summed E-state index contributed by atoms with van der Waals surface area (Å²) in [6, 6.07) is 7.26. The number of amides is 1. The molecule has 3 aliphatic carbocycles. The molecule has 2 saturated heterocycles. The Morgan fingerprint density at radius 2 is 1.65 bits per heavy atom. The van der Waals surface area contributed by atoms with Gasteiger partial charge in [-0.25, -0.2) is 0 Å². The third-order valence-corrected chi connectivity index (χ3v) is 11.1. The number of ether oxygens (including phenoxy) is 1. The molecule has 43 heavy (non-hydrogen) atoms. The van der Waals surface area contributed by atoms with Gasteiger partial charge in [0.2, 0.25) is 0 Å². The number of nitrogens with zero attached hydrogens (tertiary/aromatic N) is 1. The van der Waals surface area contributed by atoms with Crippen LogP contribution in [0.15, 0.2) is 18.2 Å². The first-order valence-corrected chi connectivity index (χ1v) is 17.6. The highest BCUT2D eigenvalue weighted by Crippen LogP contribution is 2.39. The number of hydrogen-bond donors (Lipinski definition) is 3. The van der Waals surface area contributed by atoms with Crippen molar-refractivity contribution in [3.05, 3.63) is 34.9 Å². The van der Waals surface area contributed by atoms with Crippen molar-refractivity contribution in [1.82, 2.24) is 21.2 Å². The van der Waals surface area contributed by atoms with Crippen molar-refractivity contribution in [2.75, 3.05) is 13.7 Å². The zero-order valence-corrected chi connectivity index (χ0v) is 26.7. The minimum Gasteiger partial charge on any atom is -0.380 e. The van der Waals surface area contributed by atoms with Crippen LogP contribution in [0, 0.1) is 5.92 Å². The van der Waals surface area contributed by atoms with Crippen molar-refractivity contribution in [3.8, 4) is 0 Å². The summed E-state index contributed by atoms with van der Waals surface area (Å²) in [5.74, 6) is 0.581. The molecule has 5 aliphatic rings. The van der Waals surface area contributed by atoms with Gasteiger partial charge >= 0.3 is 0 Å². The molecule has 0 radical (unpaired) electrons. The van der Waals surface area contributed by atoms with Crippen molar-refractivity contribution >= 4 is 5.91 Å². The van der Waals surface area contributed by atoms with Gasteiger partial charge in [-0.05, 0) is 68.1 Å². The van der Waals surface area contributed by atoms with Gasteiger partial charge in [0, 0.05) is 25.1 Å². The maximum Gasteiger partial charge on any atom is 0.251 e. The Morgan fingerprint density at radius 3 is 2.35 bits per heavy atom. The standard InChI is InChI=1S/C35H56N4O4/c1-35(27-14-10-6-3-4-7-11-15-27)23-31(42-38-35)34(40)36-30-21-19-25-22-26(18-20-29(25)30)33-37-32(24-41-2)43-39(33)28-16-12-8-5-9-13-17-28/h18,20,22,27-28,30-33,37-38H,3-17,19,21,23-24H2,1-2H3,(H,36,40)/t30-,31?,32?,33?,35?/m1/s1. The Bertz CT molecular complexity index is 1050. The van der Waals surface area contributed by atoms with Gasteiger partial charge in [0.1, 0.15) is 6.17 Å². The first-order valence-electron chi connectivity index (χ1n) is 17.6. The van der Waals surface area contributed by atoms with Crippen LogP contribution >= 0.6 is 0 Å². The van der Waals surface area contributed by atoms with E-state index in [1.807, 2.05) is 0 Å². The minimum atomic E-state index is -0.434. The molecular formula is C35H56N4O4. The predicted octanol–water partition coefficient (Wildman–Crippen LogP) is 6.51. The monoisotopic (exact) mass is 596 g/mol. The maximum absolute atomic E-state index is 13.5. The second kappa shape index (κ2) is 14.7. The Labute approximate surface area is 259 Å². The Balaban J connectivity index is 1.09. The molecule has 6 rings (SSSR count). The van der Waals surface area contributed by atoms with E-state index in [1.165, 1.54) is 113 Å². The normalized spacial score (nSPS) is 33.7. The number of methoxy groups -OCH3 is 1. The van der Waals surface area contributed by atoms with Gasteiger partial charge < -0.3 is 10.1 Å². The second-order valence-electron chi connectivity index (χ2n) is 14.3. The molecule has 0 aromatic heterocycles. The van der Waals surface area contributed by atoms with E-state index in [-0.39, 0.29) is 29.9 Å². The van der Waals surface area contributed by atoms with E-state index >= 15 is 0 Å². The smallest absolute Gasteiger partial charge is 0.251 e. The summed E-state index contributed by atoms with van der Waals surface area (Å²) < 4.78 is 5.45. The lowest BCUT2D eigenvalue weighted by atomic mass is 9.77. The van der Waals surface area contributed by atoms with Crippen molar-refractivity contribution in [3.63, 3.8) is 0 Å². The molecule has 0 spiro atoms. The molecule has 0 bridgehead atoms. The molecule has 240 valence electrons. The summed E-state index contributed by atoms with van der Waals surface area (Å²) in [5.41, 5.74) is 7.02. The van der Waals surface area contributed by atoms with Crippen LogP contribution in [0.1, 0.15) is 145 Å². The van der Waals surface area contributed by atoms with E-state index in [0.29, 0.717) is 18.6 Å². The van der Waals surface area contributed by atoms with Gasteiger partial charge in [-0.3, -0.25) is 19.8 Å². The molecular weight excluding hydrogens is 540 g/mol. The first kappa shape index (κ1) is 31.4. The van der Waals surface area contributed by atoms with E-state index in [0.717, 1.165) is 19.3 Å². The number of aryl methyl sites for hydroxylation is 1. The third kappa shape index (κ3) is 7.47. The van der Waals surface area contributed by atoms with Gasteiger partial charge in [0.15, 0.2) is 12.3 Å². The first-order chi connectivity index (χ1) is 21.0. The fourth-order valence-corrected chi connectivity index (χ4v) is 8.51. The highest BCUT2D eigenvalue weighted by Gasteiger charge is 2.45. The topological polar surface area (TPSA) is 84.1 Å². The number of hydroxylamine groups is 3. The maximum atomic E-state index is 13.5. The quantitative estimate of drug-likeness (QED) is 0.331. The molecule has 2 aliphatic heterocycles. The Morgan fingerprint density at radius 1 is 0.977 bits per heavy atom. The van der Waals surface area contributed by atoms with Gasteiger partial charge in [-0.2, -0.15) is 10.5 Å². The average molecular weight is 597 g/mol.